The normalized spacial score (nSPS) is 15.3. The molecule has 1 aliphatic rings. The summed E-state index contributed by atoms with van der Waals surface area (Å²) in [4.78, 5) is 29.0. The second-order valence-electron chi connectivity index (χ2n) is 8.53. The molecule has 2 N–H and O–H groups in total. The van der Waals surface area contributed by atoms with Crippen LogP contribution in [0.15, 0.2) is 41.3 Å². The van der Waals surface area contributed by atoms with Crippen LogP contribution >= 0.6 is 0 Å². The number of fused-ring (bicyclic) bond motifs is 1. The van der Waals surface area contributed by atoms with Gasteiger partial charge in [0.1, 0.15) is 5.56 Å². The van der Waals surface area contributed by atoms with Crippen LogP contribution in [0.4, 0.5) is 0 Å². The number of nitrogens with zero attached hydrogens (tertiary/aromatic N) is 1. The minimum Gasteiger partial charge on any atom is -0.361 e. The van der Waals surface area contributed by atoms with Gasteiger partial charge in [-0.15, -0.1) is 0 Å². The highest BCUT2D eigenvalue weighted by Gasteiger charge is 2.21. The standard InChI is InChI=1S/C25H31N3O2/c1-17-15-23(29)24(25(30)27-20-9-5-3-4-6-10-20)18(2)28(17)14-13-19-16-26-22-12-8-7-11-21(19)22/h7-8,11-12,15-16,20,26H,3-6,9-10,13-14H2,1-2H3,(H,27,30). The van der Waals surface area contributed by atoms with Gasteiger partial charge in [-0.25, -0.2) is 0 Å². The van der Waals surface area contributed by atoms with Crippen molar-refractivity contribution in [3.8, 4) is 0 Å². The fraction of sp³-hybridized carbons (Fsp3) is 0.440. The van der Waals surface area contributed by atoms with Crippen molar-refractivity contribution in [3.05, 3.63) is 69.3 Å². The van der Waals surface area contributed by atoms with Crippen LogP contribution in [0.3, 0.4) is 0 Å². The van der Waals surface area contributed by atoms with Gasteiger partial charge in [0.25, 0.3) is 5.91 Å². The van der Waals surface area contributed by atoms with Crippen molar-refractivity contribution in [1.82, 2.24) is 14.9 Å². The maximum Gasteiger partial charge on any atom is 0.257 e. The molecular formula is C25H31N3O2. The molecule has 1 fully saturated rings. The number of aromatic amines is 1. The van der Waals surface area contributed by atoms with Gasteiger partial charge >= 0.3 is 0 Å². The fourth-order valence-electron chi connectivity index (χ4n) is 4.79. The number of hydrogen-bond donors (Lipinski definition) is 2. The third-order valence-corrected chi connectivity index (χ3v) is 6.48. The molecule has 30 heavy (non-hydrogen) atoms. The van der Waals surface area contributed by atoms with Crippen LogP contribution in [0.5, 0.6) is 0 Å². The lowest BCUT2D eigenvalue weighted by Crippen LogP contribution is -2.38. The summed E-state index contributed by atoms with van der Waals surface area (Å²) in [5.41, 5.74) is 4.13. The summed E-state index contributed by atoms with van der Waals surface area (Å²) < 4.78 is 2.10. The summed E-state index contributed by atoms with van der Waals surface area (Å²) in [6.45, 7) is 4.56. The molecule has 4 rings (SSSR count). The Morgan fingerprint density at radius 1 is 1.13 bits per heavy atom. The molecule has 1 aromatic carbocycles. The number of H-pyrrole nitrogens is 1. The molecule has 1 amide bonds. The molecular weight excluding hydrogens is 374 g/mol. The number of hydrogen-bond acceptors (Lipinski definition) is 2. The molecule has 5 nitrogen and oxygen atoms in total. The molecule has 0 unspecified atom stereocenters. The van der Waals surface area contributed by atoms with Crippen molar-refractivity contribution < 1.29 is 4.79 Å². The lowest BCUT2D eigenvalue weighted by molar-refractivity contribution is 0.0930. The zero-order chi connectivity index (χ0) is 21.1. The number of nitrogens with one attached hydrogen (secondary N) is 2. The Morgan fingerprint density at radius 2 is 1.87 bits per heavy atom. The highest BCUT2D eigenvalue weighted by molar-refractivity contribution is 5.95. The van der Waals surface area contributed by atoms with E-state index in [0.29, 0.717) is 5.56 Å². The van der Waals surface area contributed by atoms with Crippen LogP contribution < -0.4 is 10.7 Å². The summed E-state index contributed by atoms with van der Waals surface area (Å²) in [6.07, 6.45) is 9.65. The zero-order valence-corrected chi connectivity index (χ0v) is 18.0. The molecule has 1 aliphatic carbocycles. The molecule has 0 radical (unpaired) electrons. The molecule has 2 aromatic heterocycles. The summed E-state index contributed by atoms with van der Waals surface area (Å²) in [5.74, 6) is -0.217. The van der Waals surface area contributed by atoms with Crippen LogP contribution in [-0.2, 0) is 13.0 Å². The number of aromatic nitrogens is 2. The highest BCUT2D eigenvalue weighted by Crippen LogP contribution is 2.20. The van der Waals surface area contributed by atoms with Crippen molar-refractivity contribution in [2.75, 3.05) is 0 Å². The lowest BCUT2D eigenvalue weighted by Gasteiger charge is -2.20. The van der Waals surface area contributed by atoms with Gasteiger partial charge in [0.05, 0.1) is 0 Å². The van der Waals surface area contributed by atoms with Gasteiger partial charge in [-0.3, -0.25) is 9.59 Å². The third-order valence-electron chi connectivity index (χ3n) is 6.48. The Hall–Kier alpha value is -2.82. The maximum atomic E-state index is 13.0. The Balaban J connectivity index is 1.56. The molecule has 3 aromatic rings. The number of benzene rings is 1. The average molecular weight is 406 g/mol. The van der Waals surface area contributed by atoms with Crippen molar-refractivity contribution in [2.24, 2.45) is 0 Å². The van der Waals surface area contributed by atoms with Gasteiger partial charge in [0, 0.05) is 47.1 Å². The van der Waals surface area contributed by atoms with Gasteiger partial charge in [0.2, 0.25) is 0 Å². The highest BCUT2D eigenvalue weighted by atomic mass is 16.2. The first kappa shape index (κ1) is 20.5. The van der Waals surface area contributed by atoms with Gasteiger partial charge in [0.15, 0.2) is 5.43 Å². The van der Waals surface area contributed by atoms with Crippen molar-refractivity contribution in [1.29, 1.82) is 0 Å². The van der Waals surface area contributed by atoms with Crippen LogP contribution in [0.2, 0.25) is 0 Å². The topological polar surface area (TPSA) is 66.9 Å². The Kier molecular flexibility index (Phi) is 6.07. The summed E-state index contributed by atoms with van der Waals surface area (Å²) >= 11 is 0. The van der Waals surface area contributed by atoms with Crippen molar-refractivity contribution >= 4 is 16.8 Å². The first-order valence-corrected chi connectivity index (χ1v) is 11.1. The number of carbonyl (C=O) groups excluding carboxylic acids is 1. The molecule has 0 aliphatic heterocycles. The number of amides is 1. The van der Waals surface area contributed by atoms with E-state index in [2.05, 4.69) is 33.2 Å². The van der Waals surface area contributed by atoms with Crippen LogP contribution in [-0.4, -0.2) is 21.5 Å². The fourth-order valence-corrected chi connectivity index (χ4v) is 4.79. The molecule has 0 bridgehead atoms. The molecule has 1 saturated carbocycles. The minimum atomic E-state index is -0.217. The van der Waals surface area contributed by atoms with E-state index in [0.717, 1.165) is 55.6 Å². The molecule has 0 atom stereocenters. The number of rotatable bonds is 5. The van der Waals surface area contributed by atoms with Gasteiger partial charge in [-0.2, -0.15) is 0 Å². The number of carbonyl (C=O) groups is 1. The third kappa shape index (κ3) is 4.20. The van der Waals surface area contributed by atoms with Crippen LogP contribution in [0.1, 0.15) is 65.8 Å². The zero-order valence-electron chi connectivity index (χ0n) is 18.0. The summed E-state index contributed by atoms with van der Waals surface area (Å²) in [7, 11) is 0. The second kappa shape index (κ2) is 8.90. The van der Waals surface area contributed by atoms with Gasteiger partial charge in [-0.05, 0) is 44.7 Å². The number of aryl methyl sites for hydroxylation is 2. The molecule has 5 heteroatoms. The number of pyridine rings is 1. The van der Waals surface area contributed by atoms with E-state index in [1.165, 1.54) is 23.8 Å². The van der Waals surface area contributed by atoms with E-state index in [1.807, 2.05) is 26.0 Å². The van der Waals surface area contributed by atoms with Crippen molar-refractivity contribution in [2.45, 2.75) is 71.4 Å². The van der Waals surface area contributed by atoms with Crippen LogP contribution in [0.25, 0.3) is 10.9 Å². The maximum absolute atomic E-state index is 13.0. The van der Waals surface area contributed by atoms with E-state index in [9.17, 15) is 9.59 Å². The summed E-state index contributed by atoms with van der Waals surface area (Å²) in [5, 5.41) is 4.36. The largest absolute Gasteiger partial charge is 0.361 e. The Morgan fingerprint density at radius 3 is 2.63 bits per heavy atom. The quantitative estimate of drug-likeness (QED) is 0.607. The SMILES string of the molecule is Cc1cc(=O)c(C(=O)NC2CCCCCC2)c(C)n1CCc1c[nH]c2ccccc12. The smallest absolute Gasteiger partial charge is 0.257 e. The van der Waals surface area contributed by atoms with E-state index in [-0.39, 0.29) is 17.4 Å². The van der Waals surface area contributed by atoms with E-state index < -0.39 is 0 Å². The lowest BCUT2D eigenvalue weighted by atomic mass is 10.1. The number of para-hydroxylation sites is 1. The minimum absolute atomic E-state index is 0.180. The molecule has 2 heterocycles. The predicted molar refractivity (Wildman–Crippen MR) is 121 cm³/mol. The monoisotopic (exact) mass is 405 g/mol. The summed E-state index contributed by atoms with van der Waals surface area (Å²) in [6, 6.07) is 10.1. The van der Waals surface area contributed by atoms with E-state index in [4.69, 9.17) is 0 Å². The second-order valence-corrected chi connectivity index (χ2v) is 8.53. The molecule has 0 saturated heterocycles. The molecule has 0 spiro atoms. The van der Waals surface area contributed by atoms with Gasteiger partial charge < -0.3 is 14.9 Å². The molecule has 158 valence electrons. The van der Waals surface area contributed by atoms with Crippen LogP contribution in [0, 0.1) is 13.8 Å². The van der Waals surface area contributed by atoms with Crippen molar-refractivity contribution in [3.63, 3.8) is 0 Å². The first-order chi connectivity index (χ1) is 14.5. The first-order valence-electron chi connectivity index (χ1n) is 11.1. The predicted octanol–water partition coefficient (Wildman–Crippen LogP) is 4.64. The Labute approximate surface area is 177 Å². The van der Waals surface area contributed by atoms with E-state index >= 15 is 0 Å². The van der Waals surface area contributed by atoms with E-state index in [1.54, 1.807) is 6.07 Å². The Bertz CT molecular complexity index is 1100. The average Bonchev–Trinajstić information content (AvgIpc) is 2.95. The van der Waals surface area contributed by atoms with Gasteiger partial charge in [-0.1, -0.05) is 43.9 Å².